The van der Waals surface area contributed by atoms with Crippen molar-refractivity contribution in [2.45, 2.75) is 70.1 Å². The van der Waals surface area contributed by atoms with E-state index in [9.17, 15) is 14.4 Å². The number of esters is 3. The summed E-state index contributed by atoms with van der Waals surface area (Å²) in [6.45, 7) is 15.9. The molecule has 0 atom stereocenters. The molecule has 9 nitrogen and oxygen atoms in total. The number of carbonyl (C=O) groups excluding carboxylic acids is 3. The maximum Gasteiger partial charge on any atom is 0.343 e. The molecule has 137 heavy (non-hydrogen) atoms. The van der Waals surface area contributed by atoms with Gasteiger partial charge in [0.25, 0.3) is 0 Å². The van der Waals surface area contributed by atoms with Gasteiger partial charge in [-0.2, -0.15) is 0 Å². The summed E-state index contributed by atoms with van der Waals surface area (Å²) in [5.41, 5.74) is 25.8. The normalized spacial score (nSPS) is 13.3. The molecule has 0 aliphatic heterocycles. The highest BCUT2D eigenvalue weighted by atomic mass is 16.5. The zero-order valence-electron chi connectivity index (χ0n) is 76.9. The van der Waals surface area contributed by atoms with E-state index in [-0.39, 0.29) is 16.2 Å². The van der Waals surface area contributed by atoms with Crippen LogP contribution in [0.25, 0.3) is 98.0 Å². The maximum atomic E-state index is 14.6. The fourth-order valence-electron chi connectivity index (χ4n) is 22.1. The van der Waals surface area contributed by atoms with Crippen molar-refractivity contribution in [1.29, 1.82) is 0 Å². The lowest BCUT2D eigenvalue weighted by molar-refractivity contribution is 0.0725. The average Bonchev–Trinajstić information content (AvgIpc) is 1.50. The van der Waals surface area contributed by atoms with E-state index in [0.29, 0.717) is 33.9 Å². The fourth-order valence-corrected chi connectivity index (χ4v) is 22.1. The summed E-state index contributed by atoms with van der Waals surface area (Å²) in [7, 11) is 0. The van der Waals surface area contributed by atoms with Crippen LogP contribution in [0.5, 0.6) is 17.2 Å². The van der Waals surface area contributed by atoms with Crippen LogP contribution in [0.3, 0.4) is 0 Å². The molecule has 0 N–H and O–H groups in total. The van der Waals surface area contributed by atoms with Crippen LogP contribution in [0.1, 0.15) is 130 Å². The lowest BCUT2D eigenvalue weighted by atomic mass is 9.71. The van der Waals surface area contributed by atoms with Gasteiger partial charge in [-0.25, -0.2) is 14.4 Å². The van der Waals surface area contributed by atoms with Crippen LogP contribution >= 0.6 is 0 Å². The molecule has 0 aromatic heterocycles. The molecule has 24 rings (SSSR count). The van der Waals surface area contributed by atoms with Gasteiger partial charge in [-0.1, -0.05) is 296 Å². The third-order valence-corrected chi connectivity index (χ3v) is 29.4. The van der Waals surface area contributed by atoms with Gasteiger partial charge in [-0.3, -0.25) is 0 Å². The van der Waals surface area contributed by atoms with Crippen molar-refractivity contribution in [3.8, 4) is 50.6 Å². The first-order valence-corrected chi connectivity index (χ1v) is 46.9. The monoisotopic (exact) mass is 1770 g/mol. The first-order valence-electron chi connectivity index (χ1n) is 46.9. The van der Waals surface area contributed by atoms with E-state index >= 15 is 0 Å². The second-order valence-electron chi connectivity index (χ2n) is 38.3. The summed E-state index contributed by atoms with van der Waals surface area (Å²) in [6.07, 6.45) is 0. The van der Waals surface area contributed by atoms with Gasteiger partial charge in [0.2, 0.25) is 0 Å². The predicted octanol–water partition coefficient (Wildman–Crippen LogP) is 32.9. The molecule has 0 spiro atoms. The summed E-state index contributed by atoms with van der Waals surface area (Å²) in [5, 5.41) is 14.0. The van der Waals surface area contributed by atoms with Crippen LogP contribution in [0, 0.1) is 0 Å². The number of rotatable bonds is 18. The van der Waals surface area contributed by atoms with Crippen LogP contribution in [0.4, 0.5) is 51.2 Å². The van der Waals surface area contributed by atoms with Crippen molar-refractivity contribution < 1.29 is 28.6 Å². The Labute approximate surface area is 796 Å². The van der Waals surface area contributed by atoms with Gasteiger partial charge in [0.1, 0.15) is 17.2 Å². The van der Waals surface area contributed by atoms with Crippen LogP contribution in [-0.2, 0) is 21.7 Å². The molecule has 0 heterocycles. The average molecular weight is 1770 g/mol. The molecule has 3 aliphatic rings. The van der Waals surface area contributed by atoms with Crippen LogP contribution in [-0.4, -0.2) is 17.9 Å². The Kier molecular flexibility index (Phi) is 19.7. The van der Waals surface area contributed by atoms with Gasteiger partial charge >= 0.3 is 17.9 Å². The fraction of sp³-hybridized carbons (Fsp3) is 0.0859. The Hall–Kier alpha value is -17.0. The Morgan fingerprint density at radius 3 is 0.708 bits per heavy atom. The Morgan fingerprint density at radius 2 is 0.423 bits per heavy atom. The smallest absolute Gasteiger partial charge is 0.343 e. The number of benzene rings is 21. The number of carbonyl (C=O) groups is 3. The number of hydrogen-bond donors (Lipinski definition) is 0. The summed E-state index contributed by atoms with van der Waals surface area (Å²) in [4.78, 5) is 50.6. The van der Waals surface area contributed by atoms with Crippen molar-refractivity contribution in [2.24, 2.45) is 0 Å². The maximum absolute atomic E-state index is 14.6. The van der Waals surface area contributed by atoms with E-state index < -0.39 is 23.3 Å². The molecule has 0 unspecified atom stereocenters. The largest absolute Gasteiger partial charge is 0.423 e. The first kappa shape index (κ1) is 83.1. The van der Waals surface area contributed by atoms with Crippen molar-refractivity contribution in [1.82, 2.24) is 0 Å². The highest BCUT2D eigenvalue weighted by Crippen LogP contribution is 2.56. The van der Waals surface area contributed by atoms with E-state index in [1.54, 1.807) is 0 Å². The Bertz CT molecular complexity index is 7740. The minimum Gasteiger partial charge on any atom is -0.423 e. The Morgan fingerprint density at radius 1 is 0.204 bits per heavy atom. The Balaban J connectivity index is 0.527. The van der Waals surface area contributed by atoms with Crippen molar-refractivity contribution in [2.75, 3.05) is 14.7 Å². The summed E-state index contributed by atoms with van der Waals surface area (Å²) in [5.74, 6) is -0.481. The topological polar surface area (TPSA) is 88.6 Å². The van der Waals surface area contributed by atoms with Gasteiger partial charge in [0, 0.05) is 72.8 Å². The molecule has 0 radical (unpaired) electrons. The predicted molar refractivity (Wildman–Crippen MR) is 561 cm³/mol. The second kappa shape index (κ2) is 32.4. The molecule has 0 bridgehead atoms. The third-order valence-electron chi connectivity index (χ3n) is 29.4. The van der Waals surface area contributed by atoms with E-state index in [0.717, 1.165) is 84.0 Å². The van der Waals surface area contributed by atoms with E-state index in [1.165, 1.54) is 115 Å². The van der Waals surface area contributed by atoms with Gasteiger partial charge < -0.3 is 28.9 Å². The molecule has 21 aromatic carbocycles. The quantitative estimate of drug-likeness (QED) is 0.0361. The summed E-state index contributed by atoms with van der Waals surface area (Å²) in [6, 6.07) is 151. The SMILES string of the molecule is CC1(C)c2ccccc2-c2ccc(N(c3ccc(C(=O)Oc4ccc(C(C)(c5ccc(OC(=O)c6ccc(N(c7ccc8c(c7)C(C)(C)c7ccccc7-8)c7ccc8c(ccc9ccccc98)c7)cc6)cc5)c5ccc(OC(=O)c6ccc(N(c7ccc8c(c7)C(C)(C)c7ccccc7-8)c7ccc8c(ccc9ccccc98)c7)cc6)cc5)cc4)cc3)c3ccc4c(ccc5ccccc54)c3)cc21. The highest BCUT2D eigenvalue weighted by molar-refractivity contribution is 6.12. The number of nitrogens with zero attached hydrogens (tertiary/aromatic N) is 3. The third kappa shape index (κ3) is 14.1. The van der Waals surface area contributed by atoms with E-state index in [4.69, 9.17) is 14.2 Å². The van der Waals surface area contributed by atoms with Crippen LogP contribution < -0.4 is 28.9 Å². The standard InChI is InChI=1S/C128H93N3O6/c1-125(2)116-29-17-14-26-110(116)113-71-59-98(77-119(113)125)129(95-56-68-107-86(74-95)35-32-80-20-8-11-23-104(80)107)92-50-38-83(39-51-92)122(132)135-101-62-44-89(45-63-101)128(7,90-46-64-102(65-47-90)136-123(133)84-40-52-93(53-41-84)130(96-57-69-108-87(75-96)36-33-81-21-9-12-24-105(81)108)99-60-72-114-111-27-15-18-30-117(111)126(3,4)120(114)78-99)91-48-66-103(67-49-91)137-124(134)85-42-54-94(55-43-85)131(97-58-70-109-88(76-97)37-34-82-22-10-13-25-106(82)109)100-61-73-115-112-28-16-19-31-118(112)127(5,6)121(115)79-100/h8-79H,1-7H3. The lowest BCUT2D eigenvalue weighted by Crippen LogP contribution is -2.25. The lowest BCUT2D eigenvalue weighted by Gasteiger charge is -2.32. The second-order valence-corrected chi connectivity index (χ2v) is 38.3. The number of anilines is 9. The molecule has 0 fully saturated rings. The van der Waals surface area contributed by atoms with E-state index in [2.05, 4.69) is 354 Å². The highest BCUT2D eigenvalue weighted by Gasteiger charge is 2.40. The molecule has 0 amide bonds. The number of hydrogen-bond acceptors (Lipinski definition) is 9. The van der Waals surface area contributed by atoms with Crippen molar-refractivity contribution in [3.63, 3.8) is 0 Å². The molecule has 0 saturated carbocycles. The minimum atomic E-state index is -0.912. The zero-order chi connectivity index (χ0) is 92.7. The molecule has 0 saturated heterocycles. The minimum absolute atomic E-state index is 0.232. The summed E-state index contributed by atoms with van der Waals surface area (Å²) >= 11 is 0. The number of fused-ring (bicyclic) bond motifs is 18. The van der Waals surface area contributed by atoms with Gasteiger partial charge in [-0.15, -0.1) is 0 Å². The van der Waals surface area contributed by atoms with Crippen LogP contribution in [0.2, 0.25) is 0 Å². The van der Waals surface area contributed by atoms with E-state index in [1.807, 2.05) is 146 Å². The first-order chi connectivity index (χ1) is 66.7. The van der Waals surface area contributed by atoms with Crippen molar-refractivity contribution in [3.05, 3.63) is 504 Å². The van der Waals surface area contributed by atoms with Gasteiger partial charge in [-0.05, 0) is 337 Å². The summed E-state index contributed by atoms with van der Waals surface area (Å²) < 4.78 is 18.9. The van der Waals surface area contributed by atoms with Crippen molar-refractivity contribution >= 4 is 134 Å². The van der Waals surface area contributed by atoms with Gasteiger partial charge in [0.15, 0.2) is 0 Å². The zero-order valence-corrected chi connectivity index (χ0v) is 76.9. The number of ether oxygens (including phenoxy) is 3. The molecule has 3 aliphatic carbocycles. The molecule has 9 heteroatoms. The van der Waals surface area contributed by atoms with Crippen LogP contribution in [0.15, 0.2) is 437 Å². The molecular formula is C128H93N3O6. The molecule has 21 aromatic rings. The van der Waals surface area contributed by atoms with Gasteiger partial charge in [0.05, 0.1) is 16.7 Å². The molecule has 656 valence electrons. The molecular weight excluding hydrogens is 1680 g/mol.